The van der Waals surface area contributed by atoms with Crippen LogP contribution in [0.1, 0.15) is 367 Å². The van der Waals surface area contributed by atoms with Crippen LogP contribution in [0.25, 0.3) is 0 Å². The highest BCUT2D eigenvalue weighted by Gasteiger charge is 2.29. The molecule has 16 nitrogen and oxygen atoms in total. The van der Waals surface area contributed by atoms with Gasteiger partial charge in [-0.1, -0.05) is 376 Å². The summed E-state index contributed by atoms with van der Waals surface area (Å²) in [6.07, 6.45) is 122. The lowest BCUT2D eigenvalue weighted by Crippen LogP contribution is -2.30. The van der Waals surface area contributed by atoms with Crippen LogP contribution in [-0.4, -0.2) is 95.9 Å². The second-order valence-electron chi connectivity index (χ2n) is 30.7. The van der Waals surface area contributed by atoms with Crippen molar-refractivity contribution in [2.75, 3.05) is 39.6 Å². The van der Waals surface area contributed by atoms with Crippen LogP contribution in [0.4, 0.5) is 0 Å². The highest BCUT2D eigenvalue weighted by molar-refractivity contribution is 7.47. The lowest BCUT2D eigenvalue weighted by atomic mass is 10.0. The molecule has 0 amide bonds. The molecule has 0 radical (unpaired) electrons. The maximum Gasteiger partial charge on any atom is 0.472 e. The minimum absolute atomic E-state index is 0.0439. The molecule has 0 rings (SSSR count). The van der Waals surface area contributed by atoms with Gasteiger partial charge in [0.2, 0.25) is 0 Å². The molecular formula is C101H168O16P2. The van der Waals surface area contributed by atoms with Crippen LogP contribution in [0.3, 0.4) is 0 Å². The van der Waals surface area contributed by atoms with Crippen LogP contribution in [0.5, 0.6) is 0 Å². The SMILES string of the molecule is CC/C=C\C/C=C\C/C=C\C/C=C\C/C=C\C/C=C\CCCCCCCCCCCCCCCCC(=O)OCC(O)COP(=O)(O)OCC(O)COP(=O)(O)OCC(COC(=O)CCCCCCCCCCCCCCC/C=C\C/C=C\C/C=C\C/C=C\CCCCC)OC(=O)CCCC/C=C\C/C=C\C/C=C\C/C=C\C/C=C\C/C=C\CC. The van der Waals surface area contributed by atoms with Gasteiger partial charge in [0.15, 0.2) is 6.10 Å². The molecule has 119 heavy (non-hydrogen) atoms. The number of aliphatic hydroxyl groups excluding tert-OH is 2. The Labute approximate surface area is 725 Å². The van der Waals surface area contributed by atoms with E-state index in [9.17, 15) is 43.5 Å². The Morgan fingerprint density at radius 2 is 0.445 bits per heavy atom. The molecule has 0 aromatic carbocycles. The first kappa shape index (κ1) is 113. The maximum atomic E-state index is 13.0. The molecule has 0 aliphatic carbocycles. The van der Waals surface area contributed by atoms with E-state index in [4.69, 9.17) is 32.3 Å². The standard InChI is InChI=1S/C101H168O16P2/c1-4-7-10-13-16-19-22-25-28-31-34-37-39-41-43-45-46-47-48-50-52-53-55-58-60-63-66-69-72-75-78-81-84-87-99(104)111-90-96(102)91-113-118(107,108)114-92-97(103)93-115-119(109,110)116-95-98(117-101(106)89-86-83-80-77-74-71-68-65-62-57-36-33-30-27-24-21-18-15-12-9-6-3)94-112-100(105)88-85-82-79-76-73-70-67-64-61-59-56-54-51-49-44-42-40-38-35-32-29-26-23-20-17-14-11-8-5-2/h7,9-10,12,16-21,25-30,34-38,41-44,46-47,57,65,68,74,77,96-98,102-103H,4-6,8,11,13-15,22-24,31-33,39-40,45,48-56,58-64,66-67,69-73,75-76,78-95H2,1-3H3,(H,107,108)(H,109,110)/b10-7-,12-9-,19-16-,20-17-,21-18-,28-25-,29-26-,30-27-,37-34-,38-35-,43-41-,44-42-,47-46-,57-36-,68-65-,77-74-. The fourth-order valence-electron chi connectivity index (χ4n) is 12.3. The van der Waals surface area contributed by atoms with E-state index in [-0.39, 0.29) is 19.3 Å². The summed E-state index contributed by atoms with van der Waals surface area (Å²) in [5.41, 5.74) is 0. The quantitative estimate of drug-likeness (QED) is 0.0146. The van der Waals surface area contributed by atoms with Crippen molar-refractivity contribution in [2.45, 2.75) is 386 Å². The molecule has 678 valence electrons. The molecule has 18 heteroatoms. The van der Waals surface area contributed by atoms with E-state index in [1.807, 2.05) is 0 Å². The molecule has 0 fully saturated rings. The maximum absolute atomic E-state index is 13.0. The fraction of sp³-hybridized carbons (Fsp3) is 0.653. The Balaban J connectivity index is 4.61. The predicted molar refractivity (Wildman–Crippen MR) is 500 cm³/mol. The Kier molecular flexibility index (Phi) is 87.3. The van der Waals surface area contributed by atoms with Crippen LogP contribution in [-0.2, 0) is 55.8 Å². The minimum atomic E-state index is -4.96. The molecule has 0 spiro atoms. The Hall–Kier alpha value is -5.61. The van der Waals surface area contributed by atoms with Crippen molar-refractivity contribution in [3.8, 4) is 0 Å². The number of esters is 3. The first-order chi connectivity index (χ1) is 58.2. The van der Waals surface area contributed by atoms with Gasteiger partial charge < -0.3 is 34.2 Å². The van der Waals surface area contributed by atoms with Gasteiger partial charge in [-0.25, -0.2) is 9.13 Å². The molecule has 0 aromatic heterocycles. The summed E-state index contributed by atoms with van der Waals surface area (Å²) in [4.78, 5) is 59.0. The molecule has 0 aliphatic heterocycles. The van der Waals surface area contributed by atoms with Crippen LogP contribution in [0.15, 0.2) is 194 Å². The summed E-state index contributed by atoms with van der Waals surface area (Å²) in [5, 5.41) is 20.7. The second kappa shape index (κ2) is 91.6. The third kappa shape index (κ3) is 92.9. The van der Waals surface area contributed by atoms with Crippen LogP contribution in [0, 0.1) is 0 Å². The monoisotopic (exact) mass is 1700 g/mol. The Morgan fingerprint density at radius 3 is 0.723 bits per heavy atom. The molecule has 4 N–H and O–H groups in total. The van der Waals surface area contributed by atoms with Crippen molar-refractivity contribution >= 4 is 33.6 Å². The molecule has 0 aliphatic rings. The summed E-state index contributed by atoms with van der Waals surface area (Å²) in [6.45, 7) is 2.40. The van der Waals surface area contributed by atoms with E-state index in [0.29, 0.717) is 25.7 Å². The van der Waals surface area contributed by atoms with Gasteiger partial charge in [0.05, 0.1) is 26.4 Å². The zero-order chi connectivity index (χ0) is 86.5. The fourth-order valence-corrected chi connectivity index (χ4v) is 13.9. The third-order valence-electron chi connectivity index (χ3n) is 19.3. The zero-order valence-corrected chi connectivity index (χ0v) is 76.5. The number of carbonyl (C=O) groups excluding carboxylic acids is 3. The highest BCUT2D eigenvalue weighted by atomic mass is 31.2. The van der Waals surface area contributed by atoms with Crippen LogP contribution >= 0.6 is 15.6 Å². The van der Waals surface area contributed by atoms with Gasteiger partial charge in [-0.05, 0) is 167 Å². The molecule has 0 heterocycles. The van der Waals surface area contributed by atoms with E-state index in [2.05, 4.69) is 215 Å². The van der Waals surface area contributed by atoms with Gasteiger partial charge in [0, 0.05) is 19.3 Å². The average Bonchev–Trinajstić information content (AvgIpc) is 0.902. The average molecular weight is 1700 g/mol. The largest absolute Gasteiger partial charge is 0.472 e. The van der Waals surface area contributed by atoms with Crippen molar-refractivity contribution in [2.24, 2.45) is 0 Å². The zero-order valence-electron chi connectivity index (χ0n) is 74.7. The Bertz CT molecular complexity index is 2940. The van der Waals surface area contributed by atoms with Crippen LogP contribution in [0.2, 0.25) is 0 Å². The predicted octanol–water partition coefficient (Wildman–Crippen LogP) is 29.0. The first-order valence-corrected chi connectivity index (χ1v) is 49.7. The molecule has 0 saturated carbocycles. The summed E-state index contributed by atoms with van der Waals surface area (Å²) >= 11 is 0. The van der Waals surface area contributed by atoms with Gasteiger partial charge in [-0.3, -0.25) is 32.5 Å². The number of phosphoric ester groups is 2. The van der Waals surface area contributed by atoms with E-state index in [1.54, 1.807) is 0 Å². The highest BCUT2D eigenvalue weighted by Crippen LogP contribution is 2.45. The van der Waals surface area contributed by atoms with E-state index in [1.165, 1.54) is 141 Å². The molecule has 0 bridgehead atoms. The summed E-state index contributed by atoms with van der Waals surface area (Å²) in [6, 6.07) is 0. The van der Waals surface area contributed by atoms with Crippen molar-refractivity contribution in [3.63, 3.8) is 0 Å². The van der Waals surface area contributed by atoms with E-state index < -0.39 is 91.5 Å². The first-order valence-electron chi connectivity index (χ1n) is 46.7. The van der Waals surface area contributed by atoms with Crippen molar-refractivity contribution in [1.29, 1.82) is 0 Å². The lowest BCUT2D eigenvalue weighted by Gasteiger charge is -2.21. The number of carbonyl (C=O) groups is 3. The van der Waals surface area contributed by atoms with Gasteiger partial charge in [-0.15, -0.1) is 0 Å². The van der Waals surface area contributed by atoms with Gasteiger partial charge in [0.25, 0.3) is 0 Å². The number of hydrogen-bond acceptors (Lipinski definition) is 14. The van der Waals surface area contributed by atoms with Gasteiger partial charge >= 0.3 is 33.6 Å². The third-order valence-corrected chi connectivity index (χ3v) is 21.2. The van der Waals surface area contributed by atoms with Gasteiger partial charge in [-0.2, -0.15) is 0 Å². The second-order valence-corrected chi connectivity index (χ2v) is 33.6. The van der Waals surface area contributed by atoms with Gasteiger partial charge in [0.1, 0.15) is 25.4 Å². The normalized spacial score (nSPS) is 14.6. The molecule has 5 unspecified atom stereocenters. The number of allylic oxidation sites excluding steroid dienone is 32. The Morgan fingerprint density at radius 1 is 0.244 bits per heavy atom. The molecular weight excluding hydrogens is 1530 g/mol. The topological polar surface area (TPSA) is 231 Å². The number of phosphoric acid groups is 2. The lowest BCUT2D eigenvalue weighted by molar-refractivity contribution is -0.161. The van der Waals surface area contributed by atoms with E-state index in [0.717, 1.165) is 161 Å². The summed E-state index contributed by atoms with van der Waals surface area (Å²) in [7, 11) is -9.83. The smallest absolute Gasteiger partial charge is 0.463 e. The number of hydrogen-bond donors (Lipinski definition) is 4. The number of unbranched alkanes of at least 4 members (excludes halogenated alkanes) is 32. The summed E-state index contributed by atoms with van der Waals surface area (Å²) < 4.78 is 61.4. The number of aliphatic hydroxyl groups is 2. The van der Waals surface area contributed by atoms with Crippen molar-refractivity contribution in [1.82, 2.24) is 0 Å². The summed E-state index contributed by atoms with van der Waals surface area (Å²) in [5.74, 6) is -1.63. The van der Waals surface area contributed by atoms with E-state index >= 15 is 0 Å². The van der Waals surface area contributed by atoms with Crippen molar-refractivity contribution in [3.05, 3.63) is 194 Å². The number of ether oxygens (including phenoxy) is 3. The molecule has 0 aromatic rings. The van der Waals surface area contributed by atoms with Crippen molar-refractivity contribution < 1.29 is 75.8 Å². The molecule has 5 atom stereocenters. The number of rotatable bonds is 87. The minimum Gasteiger partial charge on any atom is -0.463 e. The van der Waals surface area contributed by atoms with Crippen LogP contribution < -0.4 is 0 Å². The molecule has 0 saturated heterocycles.